The van der Waals surface area contributed by atoms with E-state index in [0.717, 1.165) is 0 Å². The summed E-state index contributed by atoms with van der Waals surface area (Å²) in [5.41, 5.74) is 2.54. The smallest absolute Gasteiger partial charge is 0.0631 e. The quantitative estimate of drug-likeness (QED) is 0.651. The average Bonchev–Trinajstić information content (AvgIpc) is 2.45. The molecule has 1 unspecified atom stereocenters. The van der Waals surface area contributed by atoms with Crippen LogP contribution in [0.4, 0.5) is 0 Å². The minimum absolute atomic E-state index is 0.214. The van der Waals surface area contributed by atoms with Gasteiger partial charge in [-0.25, -0.2) is 0 Å². The van der Waals surface area contributed by atoms with Gasteiger partial charge in [0.2, 0.25) is 0 Å². The Hall–Kier alpha value is -1.55. The highest BCUT2D eigenvalue weighted by molar-refractivity contribution is 5.30. The molecular formula is C19H25N. The number of hydrogen-bond donors (Lipinski definition) is 0. The minimum Gasteiger partial charge on any atom is -0.198 e. The van der Waals surface area contributed by atoms with Gasteiger partial charge in [0.25, 0.3) is 0 Å². The maximum absolute atomic E-state index is 9.15. The summed E-state index contributed by atoms with van der Waals surface area (Å²) in [5.74, 6) is 0.819. The van der Waals surface area contributed by atoms with Crippen molar-refractivity contribution in [3.8, 4) is 6.07 Å². The summed E-state index contributed by atoms with van der Waals surface area (Å²) in [6, 6.07) is 12.8. The van der Waals surface area contributed by atoms with Gasteiger partial charge in [-0.1, -0.05) is 74.6 Å². The fourth-order valence-corrected chi connectivity index (χ4v) is 3.35. The molecule has 1 aliphatic carbocycles. The fraction of sp³-hybridized carbons (Fsp3) is 0.526. The largest absolute Gasteiger partial charge is 0.198 e. The lowest BCUT2D eigenvalue weighted by atomic mass is 9.77. The van der Waals surface area contributed by atoms with Gasteiger partial charge in [-0.15, -0.1) is 0 Å². The number of hydrogen-bond acceptors (Lipinski definition) is 1. The summed E-state index contributed by atoms with van der Waals surface area (Å²) in [6.07, 6.45) is 9.81. The van der Waals surface area contributed by atoms with E-state index in [2.05, 4.69) is 36.9 Å². The van der Waals surface area contributed by atoms with E-state index < -0.39 is 0 Å². The molecule has 1 nitrogen and oxygen atoms in total. The van der Waals surface area contributed by atoms with Crippen LogP contribution in [0, 0.1) is 17.2 Å². The van der Waals surface area contributed by atoms with E-state index >= 15 is 0 Å². The number of rotatable bonds is 4. The Morgan fingerprint density at radius 1 is 1.10 bits per heavy atom. The Labute approximate surface area is 123 Å². The SMILES string of the molecule is C=C(C1CCCCCCC1)C(CC#N)c1ccccc1. The van der Waals surface area contributed by atoms with Gasteiger partial charge in [-0.3, -0.25) is 0 Å². The van der Waals surface area contributed by atoms with Gasteiger partial charge < -0.3 is 0 Å². The molecule has 0 aliphatic heterocycles. The monoisotopic (exact) mass is 267 g/mol. The third-order valence-electron chi connectivity index (χ3n) is 4.57. The number of allylic oxidation sites excluding steroid dienone is 1. The molecule has 1 atom stereocenters. The van der Waals surface area contributed by atoms with Gasteiger partial charge in [0, 0.05) is 12.3 Å². The van der Waals surface area contributed by atoms with Crippen LogP contribution in [0.5, 0.6) is 0 Å². The highest BCUT2D eigenvalue weighted by Crippen LogP contribution is 2.37. The van der Waals surface area contributed by atoms with Crippen molar-refractivity contribution in [3.63, 3.8) is 0 Å². The Morgan fingerprint density at radius 2 is 1.70 bits per heavy atom. The highest BCUT2D eigenvalue weighted by Gasteiger charge is 2.22. The molecule has 1 heteroatoms. The number of nitriles is 1. The minimum atomic E-state index is 0.214. The average molecular weight is 267 g/mol. The van der Waals surface area contributed by atoms with Crippen LogP contribution >= 0.6 is 0 Å². The fourth-order valence-electron chi connectivity index (χ4n) is 3.35. The van der Waals surface area contributed by atoms with E-state index in [1.54, 1.807) is 0 Å². The molecule has 0 saturated heterocycles. The maximum atomic E-state index is 9.15. The maximum Gasteiger partial charge on any atom is 0.0631 e. The Balaban J connectivity index is 2.11. The first kappa shape index (κ1) is 14.9. The van der Waals surface area contributed by atoms with Crippen molar-refractivity contribution in [1.29, 1.82) is 5.26 Å². The molecule has 0 N–H and O–H groups in total. The first-order chi connectivity index (χ1) is 9.83. The van der Waals surface area contributed by atoms with E-state index in [1.165, 1.54) is 56.1 Å². The molecule has 1 aliphatic rings. The number of benzene rings is 1. The molecule has 1 aromatic carbocycles. The predicted octanol–water partition coefficient (Wildman–Crippen LogP) is 5.60. The summed E-state index contributed by atoms with van der Waals surface area (Å²) in [5, 5.41) is 9.15. The zero-order chi connectivity index (χ0) is 14.2. The second-order valence-corrected chi connectivity index (χ2v) is 5.94. The molecule has 0 amide bonds. The first-order valence-corrected chi connectivity index (χ1v) is 7.93. The summed E-state index contributed by atoms with van der Waals surface area (Å²) < 4.78 is 0. The molecule has 20 heavy (non-hydrogen) atoms. The lowest BCUT2D eigenvalue weighted by molar-refractivity contribution is 0.406. The molecule has 106 valence electrons. The third kappa shape index (κ3) is 3.97. The van der Waals surface area contributed by atoms with Crippen molar-refractivity contribution in [2.24, 2.45) is 5.92 Å². The number of nitrogens with zero attached hydrogens (tertiary/aromatic N) is 1. The van der Waals surface area contributed by atoms with Crippen LogP contribution in [-0.4, -0.2) is 0 Å². The van der Waals surface area contributed by atoms with Gasteiger partial charge in [0.05, 0.1) is 6.07 Å². The predicted molar refractivity (Wildman–Crippen MR) is 84.4 cm³/mol. The van der Waals surface area contributed by atoms with Crippen molar-refractivity contribution in [3.05, 3.63) is 48.0 Å². The summed E-state index contributed by atoms with van der Waals surface area (Å²) in [4.78, 5) is 0. The molecule has 1 fully saturated rings. The van der Waals surface area contributed by atoms with Gasteiger partial charge in [-0.2, -0.15) is 5.26 Å². The zero-order valence-corrected chi connectivity index (χ0v) is 12.4. The first-order valence-electron chi connectivity index (χ1n) is 7.93. The Morgan fingerprint density at radius 3 is 2.30 bits per heavy atom. The summed E-state index contributed by atoms with van der Waals surface area (Å²) in [6.45, 7) is 4.39. The second kappa shape index (κ2) is 7.90. The highest BCUT2D eigenvalue weighted by atomic mass is 14.3. The second-order valence-electron chi connectivity index (χ2n) is 5.94. The van der Waals surface area contributed by atoms with E-state index in [9.17, 15) is 0 Å². The van der Waals surface area contributed by atoms with Crippen LogP contribution in [0.25, 0.3) is 0 Å². The molecule has 0 spiro atoms. The Kier molecular flexibility index (Phi) is 5.87. The van der Waals surface area contributed by atoms with E-state index in [-0.39, 0.29) is 5.92 Å². The van der Waals surface area contributed by atoms with Crippen LogP contribution in [0.15, 0.2) is 42.5 Å². The van der Waals surface area contributed by atoms with Crippen LogP contribution < -0.4 is 0 Å². The normalized spacial score (nSPS) is 18.6. The van der Waals surface area contributed by atoms with E-state index in [1.807, 2.05) is 6.07 Å². The van der Waals surface area contributed by atoms with Gasteiger partial charge in [0.15, 0.2) is 0 Å². The van der Waals surface area contributed by atoms with Crippen LogP contribution in [0.1, 0.15) is 62.8 Å². The molecule has 0 radical (unpaired) electrons. The zero-order valence-electron chi connectivity index (χ0n) is 12.4. The van der Waals surface area contributed by atoms with Gasteiger partial charge in [0.1, 0.15) is 0 Å². The lowest BCUT2D eigenvalue weighted by Gasteiger charge is -2.27. The standard InChI is InChI=1S/C19H25N/c1-16(17-10-6-3-2-4-7-11-17)19(14-15-20)18-12-8-5-9-13-18/h5,8-9,12-13,17,19H,1-4,6-7,10-11,14H2. The molecule has 1 saturated carbocycles. The molecule has 0 aromatic heterocycles. The lowest BCUT2D eigenvalue weighted by Crippen LogP contribution is -2.13. The molecule has 0 heterocycles. The summed E-state index contributed by atoms with van der Waals surface area (Å²) in [7, 11) is 0. The molecule has 1 aromatic rings. The van der Waals surface area contributed by atoms with Crippen LogP contribution in [-0.2, 0) is 0 Å². The molecule has 2 rings (SSSR count). The van der Waals surface area contributed by atoms with Crippen molar-refractivity contribution in [2.45, 2.75) is 57.3 Å². The third-order valence-corrected chi connectivity index (χ3v) is 4.57. The van der Waals surface area contributed by atoms with Gasteiger partial charge >= 0.3 is 0 Å². The Bertz CT molecular complexity index is 446. The summed E-state index contributed by atoms with van der Waals surface area (Å²) >= 11 is 0. The topological polar surface area (TPSA) is 23.8 Å². The van der Waals surface area contributed by atoms with Crippen LogP contribution in [0.2, 0.25) is 0 Å². The van der Waals surface area contributed by atoms with Gasteiger partial charge in [-0.05, 0) is 24.3 Å². The van der Waals surface area contributed by atoms with Crippen molar-refractivity contribution >= 4 is 0 Å². The van der Waals surface area contributed by atoms with Crippen molar-refractivity contribution in [2.75, 3.05) is 0 Å². The van der Waals surface area contributed by atoms with E-state index in [4.69, 9.17) is 5.26 Å². The van der Waals surface area contributed by atoms with Crippen molar-refractivity contribution in [1.82, 2.24) is 0 Å². The van der Waals surface area contributed by atoms with E-state index in [0.29, 0.717) is 12.3 Å². The molecular weight excluding hydrogens is 242 g/mol. The molecule has 0 bridgehead atoms. The van der Waals surface area contributed by atoms with Crippen molar-refractivity contribution < 1.29 is 0 Å². The van der Waals surface area contributed by atoms with Crippen LogP contribution in [0.3, 0.4) is 0 Å².